The minimum absolute atomic E-state index is 0.0198. The van der Waals surface area contributed by atoms with Crippen LogP contribution in [0.15, 0.2) is 181 Å². The van der Waals surface area contributed by atoms with Crippen LogP contribution in [0.3, 0.4) is 0 Å². The lowest BCUT2D eigenvalue weighted by Gasteiger charge is -2.24. The summed E-state index contributed by atoms with van der Waals surface area (Å²) in [5.41, 5.74) is 16.9. The Morgan fingerprint density at radius 2 is 0.942 bits per heavy atom. The van der Waals surface area contributed by atoms with Crippen molar-refractivity contribution in [1.82, 2.24) is 0 Å². The van der Waals surface area contributed by atoms with Gasteiger partial charge in [-0.3, -0.25) is 4.99 Å². The molecule has 1 aliphatic rings. The van der Waals surface area contributed by atoms with E-state index < -0.39 is 0 Å². The van der Waals surface area contributed by atoms with E-state index in [1.807, 2.05) is 24.3 Å². The van der Waals surface area contributed by atoms with Crippen molar-refractivity contribution >= 4 is 13.4 Å². The third-order valence-corrected chi connectivity index (χ3v) is 9.41. The molecule has 7 aromatic rings. The topological polar surface area (TPSA) is 36.2 Å². The second-order valence-electron chi connectivity index (χ2n) is 13.4. The van der Waals surface area contributed by atoms with E-state index in [-0.39, 0.29) is 5.41 Å². The SMILES string of the molecule is C=N.C=NCc1cccc(-c2cccc(-c3cccc4c3C(C)(C)c3ccccc3-4)c2)c1.Cc1ccc(-c2ccccc2)cc1.Cc1ccccc1. The van der Waals surface area contributed by atoms with E-state index in [1.165, 1.54) is 72.3 Å². The van der Waals surface area contributed by atoms with E-state index in [2.05, 4.69) is 198 Å². The number of nitrogens with zero attached hydrogens (tertiary/aromatic N) is 1. The van der Waals surface area contributed by atoms with Crippen molar-refractivity contribution in [2.24, 2.45) is 4.99 Å². The number of aryl methyl sites for hydroxylation is 2. The predicted molar refractivity (Wildman–Crippen MR) is 226 cm³/mol. The van der Waals surface area contributed by atoms with Gasteiger partial charge in [0.25, 0.3) is 0 Å². The Morgan fingerprint density at radius 3 is 1.60 bits per heavy atom. The highest BCUT2D eigenvalue weighted by atomic mass is 14.7. The van der Waals surface area contributed by atoms with Gasteiger partial charge in [-0.2, -0.15) is 0 Å². The summed E-state index contributed by atoms with van der Waals surface area (Å²) in [5, 5.41) is 5.50. The molecule has 0 saturated carbocycles. The van der Waals surface area contributed by atoms with E-state index in [4.69, 9.17) is 5.41 Å². The molecule has 0 amide bonds. The monoisotopic (exact) mass is 676 g/mol. The molecule has 0 saturated heterocycles. The van der Waals surface area contributed by atoms with Gasteiger partial charge in [0.15, 0.2) is 0 Å². The van der Waals surface area contributed by atoms with Gasteiger partial charge in [-0.25, -0.2) is 0 Å². The fraction of sp³-hybridized carbons (Fsp3) is 0.120. The summed E-state index contributed by atoms with van der Waals surface area (Å²) in [7, 11) is 0. The Bertz CT molecular complexity index is 2200. The molecular weight excluding hydrogens is 629 g/mol. The standard InChI is InChI=1S/C29H25N.C13H12.C7H8.CH3N/c1-29(2)27-16-5-4-13-25(27)26-15-8-14-24(28(26)29)23-12-7-11-22(18-23)21-10-6-9-20(17-21)19-30-3;1-11-7-9-13(10-8-11)12-5-3-2-4-6-12;1-7-5-3-2-4-6-7;1-2/h4-18H,3,19H2,1-2H3;2-10H,1H3;2-6H,1H3;2H,1H2. The first-order chi connectivity index (χ1) is 25.3. The summed E-state index contributed by atoms with van der Waals surface area (Å²) in [6.45, 7) is 15.6. The Morgan fingerprint density at radius 1 is 0.462 bits per heavy atom. The first-order valence-electron chi connectivity index (χ1n) is 17.7. The van der Waals surface area contributed by atoms with Crippen molar-refractivity contribution in [3.63, 3.8) is 0 Å². The van der Waals surface area contributed by atoms with Gasteiger partial charge in [0, 0.05) is 5.41 Å². The summed E-state index contributed by atoms with van der Waals surface area (Å²) in [4.78, 5) is 4.03. The lowest BCUT2D eigenvalue weighted by atomic mass is 9.78. The van der Waals surface area contributed by atoms with Crippen LogP contribution >= 0.6 is 0 Å². The molecule has 0 aromatic heterocycles. The molecule has 0 heterocycles. The highest BCUT2D eigenvalue weighted by Crippen LogP contribution is 2.52. The summed E-state index contributed by atoms with van der Waals surface area (Å²) in [6.07, 6.45) is 0. The van der Waals surface area contributed by atoms with E-state index in [0.717, 1.165) is 0 Å². The second-order valence-corrected chi connectivity index (χ2v) is 13.4. The van der Waals surface area contributed by atoms with Crippen molar-refractivity contribution in [2.75, 3.05) is 0 Å². The number of nitrogens with one attached hydrogen (secondary N) is 1. The minimum Gasteiger partial charge on any atom is -0.317 e. The highest BCUT2D eigenvalue weighted by Gasteiger charge is 2.37. The summed E-state index contributed by atoms with van der Waals surface area (Å²) < 4.78 is 0. The van der Waals surface area contributed by atoms with Crippen LogP contribution in [0, 0.1) is 19.3 Å². The molecule has 52 heavy (non-hydrogen) atoms. The number of rotatable bonds is 5. The number of aliphatic imine (C=N–C) groups is 1. The molecule has 258 valence electrons. The number of benzene rings is 7. The molecule has 0 aliphatic heterocycles. The summed E-state index contributed by atoms with van der Waals surface area (Å²) in [5.74, 6) is 0. The van der Waals surface area contributed by atoms with Crippen molar-refractivity contribution in [2.45, 2.75) is 39.7 Å². The quantitative estimate of drug-likeness (QED) is 0.176. The zero-order valence-corrected chi connectivity index (χ0v) is 30.8. The van der Waals surface area contributed by atoms with Gasteiger partial charge >= 0.3 is 0 Å². The predicted octanol–water partition coefficient (Wildman–Crippen LogP) is 13.5. The van der Waals surface area contributed by atoms with Crippen LogP contribution in [0.1, 0.15) is 41.7 Å². The molecule has 1 N–H and O–H groups in total. The van der Waals surface area contributed by atoms with E-state index >= 15 is 0 Å². The van der Waals surface area contributed by atoms with Gasteiger partial charge in [0.1, 0.15) is 0 Å². The average Bonchev–Trinajstić information content (AvgIpc) is 3.43. The van der Waals surface area contributed by atoms with Gasteiger partial charge in [-0.1, -0.05) is 189 Å². The molecule has 0 unspecified atom stereocenters. The maximum Gasteiger partial charge on any atom is 0.0632 e. The largest absolute Gasteiger partial charge is 0.317 e. The van der Waals surface area contributed by atoms with Crippen LogP contribution in [0.5, 0.6) is 0 Å². The maximum atomic E-state index is 5.50. The van der Waals surface area contributed by atoms with Crippen LogP contribution in [-0.2, 0) is 12.0 Å². The lowest BCUT2D eigenvalue weighted by molar-refractivity contribution is 0.662. The molecule has 2 heteroatoms. The van der Waals surface area contributed by atoms with E-state index in [9.17, 15) is 0 Å². The molecule has 2 nitrogen and oxygen atoms in total. The van der Waals surface area contributed by atoms with Gasteiger partial charge in [0.2, 0.25) is 0 Å². The Balaban J connectivity index is 0.000000194. The van der Waals surface area contributed by atoms with Crippen LogP contribution in [0.25, 0.3) is 44.5 Å². The highest BCUT2D eigenvalue weighted by molar-refractivity contribution is 5.89. The third-order valence-electron chi connectivity index (χ3n) is 9.41. The normalized spacial score (nSPS) is 11.5. The first kappa shape index (κ1) is 37.1. The van der Waals surface area contributed by atoms with Crippen LogP contribution in [0.2, 0.25) is 0 Å². The van der Waals surface area contributed by atoms with Crippen LogP contribution in [-0.4, -0.2) is 13.4 Å². The zero-order valence-electron chi connectivity index (χ0n) is 30.8. The smallest absolute Gasteiger partial charge is 0.0632 e. The van der Waals surface area contributed by atoms with Crippen LogP contribution in [0.4, 0.5) is 0 Å². The molecule has 0 spiro atoms. The van der Waals surface area contributed by atoms with Crippen molar-refractivity contribution in [3.8, 4) is 44.5 Å². The van der Waals surface area contributed by atoms with Crippen molar-refractivity contribution < 1.29 is 0 Å². The summed E-state index contributed by atoms with van der Waals surface area (Å²) in [6, 6.07) is 62.3. The zero-order chi connectivity index (χ0) is 36.9. The van der Waals surface area contributed by atoms with Gasteiger partial charge in [0.05, 0.1) is 6.54 Å². The van der Waals surface area contributed by atoms with Crippen LogP contribution < -0.4 is 0 Å². The van der Waals surface area contributed by atoms with Gasteiger partial charge < -0.3 is 5.41 Å². The Hall–Kier alpha value is -6.12. The molecule has 0 fully saturated rings. The molecule has 0 atom stereocenters. The third kappa shape index (κ3) is 8.78. The lowest BCUT2D eigenvalue weighted by Crippen LogP contribution is -2.16. The number of hydrogen-bond donors (Lipinski definition) is 1. The fourth-order valence-electron chi connectivity index (χ4n) is 6.84. The molecule has 7 aromatic carbocycles. The number of hydrogen-bond acceptors (Lipinski definition) is 2. The fourth-order valence-corrected chi connectivity index (χ4v) is 6.84. The first-order valence-corrected chi connectivity index (χ1v) is 17.7. The molecule has 8 rings (SSSR count). The van der Waals surface area contributed by atoms with Gasteiger partial charge in [-0.15, -0.1) is 0 Å². The Kier molecular flexibility index (Phi) is 12.6. The van der Waals surface area contributed by atoms with Crippen molar-refractivity contribution in [3.05, 3.63) is 204 Å². The molecular formula is C50H48N2. The van der Waals surface area contributed by atoms with Gasteiger partial charge in [-0.05, 0) is 101 Å². The molecule has 0 bridgehead atoms. The number of fused-ring (bicyclic) bond motifs is 3. The molecule has 0 radical (unpaired) electrons. The van der Waals surface area contributed by atoms with Crippen molar-refractivity contribution in [1.29, 1.82) is 5.41 Å². The average molecular weight is 677 g/mol. The second kappa shape index (κ2) is 17.7. The summed E-state index contributed by atoms with van der Waals surface area (Å²) >= 11 is 0. The minimum atomic E-state index is -0.0198. The molecule has 1 aliphatic carbocycles. The maximum absolute atomic E-state index is 5.50. The van der Waals surface area contributed by atoms with E-state index in [0.29, 0.717) is 6.54 Å². The Labute approximate surface area is 310 Å². The van der Waals surface area contributed by atoms with E-state index in [1.54, 1.807) is 0 Å².